The first-order valence-corrected chi connectivity index (χ1v) is 8.27. The zero-order valence-corrected chi connectivity index (χ0v) is 14.7. The smallest absolute Gasteiger partial charge is 0.329 e. The van der Waals surface area contributed by atoms with Crippen molar-refractivity contribution >= 4 is 30.5 Å². The predicted octanol–water partition coefficient (Wildman–Crippen LogP) is 0.667. The van der Waals surface area contributed by atoms with E-state index >= 15 is 0 Å². The molecule has 1 amide bonds. The Labute approximate surface area is 141 Å². The summed E-state index contributed by atoms with van der Waals surface area (Å²) in [5.74, 6) is -2.18. The topological polar surface area (TPSA) is 110 Å². The number of nitrogens with two attached hydrogens (primary N) is 1. The molecule has 3 N–H and O–H groups in total. The highest BCUT2D eigenvalue weighted by atomic mass is 32.1. The van der Waals surface area contributed by atoms with Crippen molar-refractivity contribution in [2.45, 2.75) is 57.7 Å². The second kappa shape index (κ2) is 8.01. The molecule has 0 bridgehead atoms. The average molecular weight is 346 g/mol. The fraction of sp³-hybridized carbons (Fsp3) is 0.800. The Morgan fingerprint density at radius 2 is 2.04 bits per heavy atom. The Morgan fingerprint density at radius 3 is 2.43 bits per heavy atom. The second-order valence-corrected chi connectivity index (χ2v) is 6.93. The summed E-state index contributed by atoms with van der Waals surface area (Å²) in [6.07, 6.45) is 2.09. The van der Waals surface area contributed by atoms with Gasteiger partial charge >= 0.3 is 11.9 Å². The van der Waals surface area contributed by atoms with E-state index < -0.39 is 36.4 Å². The van der Waals surface area contributed by atoms with Crippen LogP contribution in [0.15, 0.2) is 0 Å². The van der Waals surface area contributed by atoms with Crippen LogP contribution in [0.3, 0.4) is 0 Å². The van der Waals surface area contributed by atoms with Crippen molar-refractivity contribution in [2.24, 2.45) is 11.1 Å². The number of carboxylic acid groups (broad SMARTS) is 1. The third-order valence-electron chi connectivity index (χ3n) is 4.48. The molecular formula is C15H26N2O5S. The minimum atomic E-state index is -1.20. The summed E-state index contributed by atoms with van der Waals surface area (Å²) in [6, 6.07) is -2.28. The van der Waals surface area contributed by atoms with E-state index in [2.05, 4.69) is 12.6 Å². The molecule has 0 aromatic heterocycles. The van der Waals surface area contributed by atoms with Gasteiger partial charge in [0.2, 0.25) is 5.91 Å². The second-order valence-electron chi connectivity index (χ2n) is 6.57. The monoisotopic (exact) mass is 346 g/mol. The quantitative estimate of drug-likeness (QED) is 0.462. The molecule has 7 nitrogen and oxygen atoms in total. The molecule has 0 saturated heterocycles. The number of carbonyl (C=O) groups is 3. The Kier molecular flexibility index (Phi) is 6.88. The van der Waals surface area contributed by atoms with Crippen LogP contribution in [0.25, 0.3) is 0 Å². The van der Waals surface area contributed by atoms with Gasteiger partial charge in [-0.1, -0.05) is 20.3 Å². The van der Waals surface area contributed by atoms with Gasteiger partial charge < -0.3 is 20.5 Å². The van der Waals surface area contributed by atoms with Crippen LogP contribution < -0.4 is 5.73 Å². The maximum absolute atomic E-state index is 12.8. The maximum atomic E-state index is 12.8. The summed E-state index contributed by atoms with van der Waals surface area (Å²) >= 11 is 4.18. The molecule has 8 heteroatoms. The third-order valence-corrected chi connectivity index (χ3v) is 4.83. The summed E-state index contributed by atoms with van der Waals surface area (Å²) in [5, 5.41) is 8.88. The van der Waals surface area contributed by atoms with E-state index in [1.165, 1.54) is 12.0 Å². The minimum Gasteiger partial charge on any atom is -0.481 e. The number of thiol groups is 1. The number of rotatable bonds is 7. The fourth-order valence-corrected chi connectivity index (χ4v) is 3.55. The lowest BCUT2D eigenvalue weighted by Gasteiger charge is -2.42. The molecule has 23 heavy (non-hydrogen) atoms. The molecule has 0 aromatic carbocycles. The lowest BCUT2D eigenvalue weighted by Crippen LogP contribution is -2.59. The summed E-state index contributed by atoms with van der Waals surface area (Å²) in [4.78, 5) is 37.1. The molecule has 1 saturated carbocycles. The Balaban J connectivity index is 3.17. The zero-order valence-electron chi connectivity index (χ0n) is 13.8. The number of carboxylic acids is 1. The van der Waals surface area contributed by atoms with Crippen molar-refractivity contribution in [2.75, 3.05) is 12.9 Å². The number of hydrogen-bond acceptors (Lipinski definition) is 6. The number of amides is 1. The van der Waals surface area contributed by atoms with Crippen LogP contribution in [0.4, 0.5) is 0 Å². The molecule has 1 aliphatic rings. The number of methoxy groups -OCH3 is 1. The van der Waals surface area contributed by atoms with Gasteiger partial charge in [-0.05, 0) is 18.3 Å². The van der Waals surface area contributed by atoms with Gasteiger partial charge in [-0.3, -0.25) is 9.59 Å². The van der Waals surface area contributed by atoms with E-state index in [1.54, 1.807) is 0 Å². The van der Waals surface area contributed by atoms with Gasteiger partial charge in [0.05, 0.1) is 19.6 Å². The first-order chi connectivity index (χ1) is 10.7. The van der Waals surface area contributed by atoms with Crippen LogP contribution in [0.1, 0.15) is 39.5 Å². The van der Waals surface area contributed by atoms with E-state index in [1.807, 2.05) is 13.8 Å². The van der Waals surface area contributed by atoms with Gasteiger partial charge in [0, 0.05) is 11.8 Å². The summed E-state index contributed by atoms with van der Waals surface area (Å²) in [7, 11) is 1.25. The standard InChI is InChI=1S/C15H26N2O5S/c1-15(2)6-4-5-11(15)17(10(8-23)14(21)22-3)13(20)9(16)7-12(18)19/h9-11,23H,4-8,16H2,1-3H3,(H,18,19)/t9-,10+,11?/m0/s1. The van der Waals surface area contributed by atoms with Crippen molar-refractivity contribution in [3.05, 3.63) is 0 Å². The van der Waals surface area contributed by atoms with Gasteiger partial charge in [0.15, 0.2) is 0 Å². The Hall–Kier alpha value is -1.28. The lowest BCUT2D eigenvalue weighted by atomic mass is 9.85. The highest BCUT2D eigenvalue weighted by molar-refractivity contribution is 7.80. The van der Waals surface area contributed by atoms with E-state index in [0.29, 0.717) is 0 Å². The molecule has 1 unspecified atom stereocenters. The molecule has 1 fully saturated rings. The molecule has 132 valence electrons. The van der Waals surface area contributed by atoms with Crippen LogP contribution in [0.5, 0.6) is 0 Å². The largest absolute Gasteiger partial charge is 0.481 e. The molecule has 0 radical (unpaired) electrons. The average Bonchev–Trinajstić information content (AvgIpc) is 2.81. The van der Waals surface area contributed by atoms with Crippen LogP contribution in [0.2, 0.25) is 0 Å². The fourth-order valence-electron chi connectivity index (χ4n) is 3.23. The van der Waals surface area contributed by atoms with Crippen molar-refractivity contribution in [1.82, 2.24) is 4.90 Å². The number of nitrogens with zero attached hydrogens (tertiary/aromatic N) is 1. The van der Waals surface area contributed by atoms with Gasteiger partial charge in [-0.2, -0.15) is 12.6 Å². The number of hydrogen-bond donors (Lipinski definition) is 3. The molecule has 1 rings (SSSR count). The Bertz CT molecular complexity index is 469. The third kappa shape index (κ3) is 4.60. The molecular weight excluding hydrogens is 320 g/mol. The van der Waals surface area contributed by atoms with Crippen LogP contribution in [0, 0.1) is 5.41 Å². The number of aliphatic carboxylic acids is 1. The highest BCUT2D eigenvalue weighted by Crippen LogP contribution is 2.41. The highest BCUT2D eigenvalue weighted by Gasteiger charge is 2.46. The summed E-state index contributed by atoms with van der Waals surface area (Å²) in [5.41, 5.74) is 5.57. The number of esters is 1. The number of carbonyl (C=O) groups excluding carboxylic acids is 2. The first kappa shape index (κ1) is 19.8. The molecule has 0 heterocycles. The summed E-state index contributed by atoms with van der Waals surface area (Å²) < 4.78 is 4.78. The molecule has 0 spiro atoms. The van der Waals surface area contributed by atoms with E-state index in [9.17, 15) is 14.4 Å². The molecule has 3 atom stereocenters. The zero-order chi connectivity index (χ0) is 17.8. The van der Waals surface area contributed by atoms with Crippen LogP contribution in [-0.2, 0) is 19.1 Å². The Morgan fingerprint density at radius 1 is 1.43 bits per heavy atom. The molecule has 1 aliphatic carbocycles. The molecule has 0 aliphatic heterocycles. The number of ether oxygens (including phenoxy) is 1. The van der Waals surface area contributed by atoms with Gasteiger partial charge in [-0.15, -0.1) is 0 Å². The summed E-state index contributed by atoms with van der Waals surface area (Å²) in [6.45, 7) is 4.06. The van der Waals surface area contributed by atoms with Crippen molar-refractivity contribution in [3.8, 4) is 0 Å². The van der Waals surface area contributed by atoms with Crippen molar-refractivity contribution < 1.29 is 24.2 Å². The van der Waals surface area contributed by atoms with Crippen LogP contribution >= 0.6 is 12.6 Å². The normalized spacial score (nSPS) is 22.2. The lowest BCUT2D eigenvalue weighted by molar-refractivity contribution is -0.156. The van der Waals surface area contributed by atoms with Gasteiger partial charge in [0.25, 0.3) is 0 Å². The van der Waals surface area contributed by atoms with Crippen LogP contribution in [-0.4, -0.2) is 58.8 Å². The van der Waals surface area contributed by atoms with Gasteiger partial charge in [-0.25, -0.2) is 4.79 Å². The predicted molar refractivity (Wildman–Crippen MR) is 88.2 cm³/mol. The van der Waals surface area contributed by atoms with Gasteiger partial charge in [0.1, 0.15) is 6.04 Å². The van der Waals surface area contributed by atoms with E-state index in [-0.39, 0.29) is 17.2 Å². The van der Waals surface area contributed by atoms with E-state index in [0.717, 1.165) is 19.3 Å². The van der Waals surface area contributed by atoms with Crippen molar-refractivity contribution in [3.63, 3.8) is 0 Å². The molecule has 0 aromatic rings. The maximum Gasteiger partial charge on any atom is 0.329 e. The van der Waals surface area contributed by atoms with E-state index in [4.69, 9.17) is 15.6 Å². The van der Waals surface area contributed by atoms with Crippen molar-refractivity contribution in [1.29, 1.82) is 0 Å². The minimum absolute atomic E-state index is 0.0881. The SMILES string of the molecule is COC(=O)[C@@H](CS)N(C(=O)[C@@H](N)CC(=O)O)C1CCCC1(C)C. The first-order valence-electron chi connectivity index (χ1n) is 7.64.